The number of hydrogen-bond acceptors (Lipinski definition) is 6. The lowest BCUT2D eigenvalue weighted by Crippen LogP contribution is -2.40. The zero-order valence-corrected chi connectivity index (χ0v) is 15.3. The molecule has 1 aromatic carbocycles. The highest BCUT2D eigenvalue weighted by atomic mass is 19.1. The normalized spacial score (nSPS) is 16.9. The monoisotopic (exact) mass is 381 g/mol. The molecule has 1 aliphatic rings. The molecule has 1 fully saturated rings. The molecule has 144 valence electrons. The Morgan fingerprint density at radius 2 is 2.00 bits per heavy atom. The van der Waals surface area contributed by atoms with Crippen molar-refractivity contribution in [3.63, 3.8) is 0 Å². The summed E-state index contributed by atoms with van der Waals surface area (Å²) in [5, 5.41) is 4.02. The van der Waals surface area contributed by atoms with E-state index in [4.69, 9.17) is 4.52 Å². The van der Waals surface area contributed by atoms with Crippen LogP contribution in [0.4, 0.5) is 4.39 Å². The molecule has 0 saturated carbocycles. The van der Waals surface area contributed by atoms with E-state index in [2.05, 4.69) is 20.1 Å². The first-order valence-corrected chi connectivity index (χ1v) is 9.32. The van der Waals surface area contributed by atoms with E-state index in [9.17, 15) is 9.18 Å². The number of hydrogen-bond donors (Lipinski definition) is 0. The average molecular weight is 381 g/mol. The van der Waals surface area contributed by atoms with E-state index < -0.39 is 0 Å². The van der Waals surface area contributed by atoms with Crippen LogP contribution < -0.4 is 0 Å². The molecule has 4 rings (SSSR count). The Labute approximate surface area is 161 Å². The number of nitrogens with zero attached hydrogens (tertiary/aromatic N) is 5. The maximum atomic E-state index is 13.0. The van der Waals surface area contributed by atoms with Crippen LogP contribution in [0.25, 0.3) is 11.5 Å². The van der Waals surface area contributed by atoms with Gasteiger partial charge in [0.1, 0.15) is 12.1 Å². The van der Waals surface area contributed by atoms with E-state index in [-0.39, 0.29) is 11.7 Å². The molecule has 0 N–H and O–H groups in total. The topological polar surface area (TPSA) is 85.0 Å². The molecule has 1 saturated heterocycles. The molecule has 0 spiro atoms. The summed E-state index contributed by atoms with van der Waals surface area (Å²) < 4.78 is 18.3. The van der Waals surface area contributed by atoms with Crippen LogP contribution >= 0.6 is 0 Å². The van der Waals surface area contributed by atoms with Crippen molar-refractivity contribution in [2.24, 2.45) is 5.92 Å². The number of halogens is 1. The summed E-state index contributed by atoms with van der Waals surface area (Å²) in [5.41, 5.74) is 1.21. The van der Waals surface area contributed by atoms with E-state index in [1.165, 1.54) is 18.5 Å². The SMILES string of the molecule is O=C(c1cncnc1)N1CCCC(CCc2noc(-c3ccc(F)cc3)n2)C1. The van der Waals surface area contributed by atoms with Gasteiger partial charge in [-0.2, -0.15) is 4.98 Å². The van der Waals surface area contributed by atoms with Crippen molar-refractivity contribution in [3.05, 3.63) is 60.2 Å². The first kappa shape index (κ1) is 18.2. The minimum absolute atomic E-state index is 0.0246. The maximum Gasteiger partial charge on any atom is 0.257 e. The fourth-order valence-corrected chi connectivity index (χ4v) is 3.48. The number of piperidine rings is 1. The maximum absolute atomic E-state index is 13.0. The number of aryl methyl sites for hydroxylation is 1. The number of carbonyl (C=O) groups excluding carboxylic acids is 1. The van der Waals surface area contributed by atoms with Gasteiger partial charge in [0.05, 0.1) is 5.56 Å². The molecule has 3 aromatic rings. The molecule has 7 nitrogen and oxygen atoms in total. The summed E-state index contributed by atoms with van der Waals surface area (Å²) in [6, 6.07) is 5.96. The largest absolute Gasteiger partial charge is 0.338 e. The van der Waals surface area contributed by atoms with Gasteiger partial charge in [-0.15, -0.1) is 0 Å². The molecule has 0 radical (unpaired) electrons. The molecular weight excluding hydrogens is 361 g/mol. The van der Waals surface area contributed by atoms with Crippen molar-refractivity contribution < 1.29 is 13.7 Å². The van der Waals surface area contributed by atoms with Crippen LogP contribution in [0.1, 0.15) is 35.4 Å². The van der Waals surface area contributed by atoms with E-state index in [1.807, 2.05) is 4.90 Å². The molecule has 0 bridgehead atoms. The predicted octanol–water partition coefficient (Wildman–Crippen LogP) is 3.15. The zero-order valence-electron chi connectivity index (χ0n) is 15.3. The van der Waals surface area contributed by atoms with Gasteiger partial charge in [-0.3, -0.25) is 4.79 Å². The molecule has 8 heteroatoms. The first-order valence-electron chi connectivity index (χ1n) is 9.32. The lowest BCUT2D eigenvalue weighted by molar-refractivity contribution is 0.0667. The molecule has 1 amide bonds. The Morgan fingerprint density at radius 1 is 1.21 bits per heavy atom. The van der Waals surface area contributed by atoms with Crippen LogP contribution in [-0.2, 0) is 6.42 Å². The highest BCUT2D eigenvalue weighted by Gasteiger charge is 2.25. The highest BCUT2D eigenvalue weighted by Crippen LogP contribution is 2.23. The molecular formula is C20H20FN5O2. The van der Waals surface area contributed by atoms with Crippen LogP contribution in [0.2, 0.25) is 0 Å². The molecule has 28 heavy (non-hydrogen) atoms. The molecule has 1 aliphatic heterocycles. The van der Waals surface area contributed by atoms with Crippen molar-refractivity contribution in [2.45, 2.75) is 25.7 Å². The lowest BCUT2D eigenvalue weighted by atomic mass is 9.93. The second-order valence-electron chi connectivity index (χ2n) is 6.95. The summed E-state index contributed by atoms with van der Waals surface area (Å²) in [6.45, 7) is 1.46. The van der Waals surface area contributed by atoms with Gasteiger partial charge in [-0.05, 0) is 49.4 Å². The van der Waals surface area contributed by atoms with Crippen LogP contribution in [-0.4, -0.2) is 44.0 Å². The van der Waals surface area contributed by atoms with Gasteiger partial charge in [-0.1, -0.05) is 5.16 Å². The van der Waals surface area contributed by atoms with Crippen molar-refractivity contribution in [3.8, 4) is 11.5 Å². The standard InChI is InChI=1S/C20H20FN5O2/c21-17-6-4-15(5-7-17)19-24-18(25-28-19)8-3-14-2-1-9-26(12-14)20(27)16-10-22-13-23-11-16/h4-7,10-11,13-14H,1-3,8-9,12H2. The minimum atomic E-state index is -0.304. The number of benzene rings is 1. The summed E-state index contributed by atoms with van der Waals surface area (Å²) in [7, 11) is 0. The second kappa shape index (κ2) is 8.24. The summed E-state index contributed by atoms with van der Waals surface area (Å²) in [4.78, 5) is 26.7. The third-order valence-corrected chi connectivity index (χ3v) is 4.95. The fraction of sp³-hybridized carbons (Fsp3) is 0.350. The summed E-state index contributed by atoms with van der Waals surface area (Å²) in [6.07, 6.45) is 8.10. The minimum Gasteiger partial charge on any atom is -0.338 e. The van der Waals surface area contributed by atoms with Crippen LogP contribution in [0.3, 0.4) is 0 Å². The zero-order chi connectivity index (χ0) is 19.3. The smallest absolute Gasteiger partial charge is 0.257 e. The van der Waals surface area contributed by atoms with Crippen molar-refractivity contribution in [1.29, 1.82) is 0 Å². The Bertz CT molecular complexity index is 929. The van der Waals surface area contributed by atoms with Crippen LogP contribution in [0.15, 0.2) is 47.5 Å². The van der Waals surface area contributed by atoms with E-state index >= 15 is 0 Å². The third kappa shape index (κ3) is 4.21. The van der Waals surface area contributed by atoms with Gasteiger partial charge in [0.2, 0.25) is 0 Å². The van der Waals surface area contributed by atoms with Gasteiger partial charge in [0.25, 0.3) is 11.8 Å². The average Bonchev–Trinajstić information content (AvgIpc) is 3.22. The van der Waals surface area contributed by atoms with Crippen molar-refractivity contribution in [2.75, 3.05) is 13.1 Å². The molecule has 1 atom stereocenters. The van der Waals surface area contributed by atoms with Gasteiger partial charge in [-0.25, -0.2) is 14.4 Å². The first-order chi connectivity index (χ1) is 13.7. The van der Waals surface area contributed by atoms with Crippen molar-refractivity contribution in [1.82, 2.24) is 25.0 Å². The van der Waals surface area contributed by atoms with Crippen LogP contribution in [0.5, 0.6) is 0 Å². The Hall–Kier alpha value is -3.16. The highest BCUT2D eigenvalue weighted by molar-refractivity contribution is 5.93. The fourth-order valence-electron chi connectivity index (χ4n) is 3.48. The van der Waals surface area contributed by atoms with Gasteiger partial charge in [0.15, 0.2) is 5.82 Å². The van der Waals surface area contributed by atoms with E-state index in [0.29, 0.717) is 41.7 Å². The molecule has 3 heterocycles. The Balaban J connectivity index is 1.34. The van der Waals surface area contributed by atoms with E-state index in [0.717, 1.165) is 25.8 Å². The number of amides is 1. The predicted molar refractivity (Wildman–Crippen MR) is 98.7 cm³/mol. The molecule has 1 unspecified atom stereocenters. The number of carbonyl (C=O) groups is 1. The van der Waals surface area contributed by atoms with Gasteiger partial charge < -0.3 is 9.42 Å². The van der Waals surface area contributed by atoms with Crippen LogP contribution in [0, 0.1) is 11.7 Å². The number of rotatable bonds is 5. The molecule has 0 aliphatic carbocycles. The Kier molecular flexibility index (Phi) is 5.36. The Morgan fingerprint density at radius 3 is 2.79 bits per heavy atom. The second-order valence-corrected chi connectivity index (χ2v) is 6.95. The third-order valence-electron chi connectivity index (χ3n) is 4.95. The number of aromatic nitrogens is 4. The number of likely N-dealkylation sites (tertiary alicyclic amines) is 1. The summed E-state index contributed by atoms with van der Waals surface area (Å²) in [5.74, 6) is 1.07. The lowest BCUT2D eigenvalue weighted by Gasteiger charge is -2.32. The quantitative estimate of drug-likeness (QED) is 0.675. The molecule has 2 aromatic heterocycles. The van der Waals surface area contributed by atoms with Gasteiger partial charge in [0, 0.05) is 37.5 Å². The summed E-state index contributed by atoms with van der Waals surface area (Å²) >= 11 is 0. The van der Waals surface area contributed by atoms with E-state index in [1.54, 1.807) is 24.5 Å². The van der Waals surface area contributed by atoms with Crippen molar-refractivity contribution >= 4 is 5.91 Å². The van der Waals surface area contributed by atoms with Gasteiger partial charge >= 0.3 is 0 Å².